The van der Waals surface area contributed by atoms with E-state index in [1.165, 1.54) is 44.3 Å². The number of benzene rings is 9. The predicted octanol–water partition coefficient (Wildman–Crippen LogP) is 17.7. The van der Waals surface area contributed by atoms with E-state index in [9.17, 15) is 0 Å². The van der Waals surface area contributed by atoms with E-state index >= 15 is 0 Å². The number of hydrogen-bond donors (Lipinski definition) is 1. The van der Waals surface area contributed by atoms with Crippen LogP contribution in [-0.2, 0) is 0 Å². The van der Waals surface area contributed by atoms with Gasteiger partial charge in [-0.25, -0.2) is 9.97 Å². The number of aromatic nitrogens is 6. The lowest BCUT2D eigenvalue weighted by Crippen LogP contribution is -1.98. The summed E-state index contributed by atoms with van der Waals surface area (Å²) in [5, 5.41) is 6.68. The second-order valence-electron chi connectivity index (χ2n) is 19.9. The number of pyridine rings is 2. The van der Waals surface area contributed by atoms with E-state index in [0.29, 0.717) is 0 Å². The van der Waals surface area contributed by atoms with Gasteiger partial charge in [0, 0.05) is 73.2 Å². The van der Waals surface area contributed by atoms with Crippen molar-refractivity contribution in [2.75, 3.05) is 0 Å². The first-order valence-electron chi connectivity index (χ1n) is 25.5. The number of hydrogen-bond acceptors (Lipinski definition) is 4. The van der Waals surface area contributed by atoms with Gasteiger partial charge in [-0.3, -0.25) is 14.1 Å². The van der Waals surface area contributed by atoms with Gasteiger partial charge in [0.2, 0.25) is 0 Å². The van der Waals surface area contributed by atoms with Crippen molar-refractivity contribution in [3.05, 3.63) is 235 Å². The van der Waals surface area contributed by atoms with E-state index in [1.807, 2.05) is 36.8 Å². The second-order valence-corrected chi connectivity index (χ2v) is 19.9. The highest BCUT2D eigenvalue weighted by atomic mass is 16.3. The number of rotatable bonds is 7. The molecule has 7 heteroatoms. The van der Waals surface area contributed by atoms with Crippen LogP contribution in [0, 0.1) is 20.8 Å². The summed E-state index contributed by atoms with van der Waals surface area (Å²) >= 11 is 0. The molecule has 0 atom stereocenters. The van der Waals surface area contributed by atoms with Gasteiger partial charge in [0.15, 0.2) is 5.58 Å². The number of nitrogens with one attached hydrogen (secondary N) is 1. The number of furan rings is 1. The Bertz CT molecular complexity index is 4770. The van der Waals surface area contributed by atoms with Crippen molar-refractivity contribution in [3.8, 4) is 67.4 Å². The fourth-order valence-electron chi connectivity index (χ4n) is 12.2. The maximum absolute atomic E-state index is 6.99. The Labute approximate surface area is 431 Å². The van der Waals surface area contributed by atoms with E-state index in [4.69, 9.17) is 14.4 Å². The first-order chi connectivity index (χ1) is 36.9. The third-order valence-electron chi connectivity index (χ3n) is 15.3. The van der Waals surface area contributed by atoms with Gasteiger partial charge in [0.25, 0.3) is 0 Å². The average molecular weight is 963 g/mol. The summed E-state index contributed by atoms with van der Waals surface area (Å²) in [5.41, 5.74) is 22.3. The largest absolute Gasteiger partial charge is 0.454 e. The number of imidazole rings is 1. The zero-order valence-corrected chi connectivity index (χ0v) is 41.4. The van der Waals surface area contributed by atoms with Crippen LogP contribution in [0.3, 0.4) is 0 Å². The minimum Gasteiger partial charge on any atom is -0.454 e. The molecule has 354 valence electrons. The molecule has 0 unspecified atom stereocenters. The van der Waals surface area contributed by atoms with E-state index in [2.05, 4.69) is 222 Å². The summed E-state index contributed by atoms with van der Waals surface area (Å²) in [6, 6.07) is 71.7. The third-order valence-corrected chi connectivity index (χ3v) is 15.3. The minimum absolute atomic E-state index is 0.786. The van der Waals surface area contributed by atoms with E-state index in [0.717, 1.165) is 116 Å². The highest BCUT2D eigenvalue weighted by Crippen LogP contribution is 2.46. The van der Waals surface area contributed by atoms with Crippen LogP contribution in [0.25, 0.3) is 144 Å². The molecule has 0 saturated heterocycles. The molecule has 6 heterocycles. The molecule has 0 amide bonds. The Hall–Kier alpha value is -9.85. The monoisotopic (exact) mass is 962 g/mol. The molecule has 0 fully saturated rings. The molecule has 0 aliphatic carbocycles. The number of fused-ring (bicyclic) bond motifs is 11. The van der Waals surface area contributed by atoms with Crippen molar-refractivity contribution >= 4 is 76.6 Å². The van der Waals surface area contributed by atoms with Gasteiger partial charge in [-0.15, -0.1) is 0 Å². The molecule has 9 aromatic carbocycles. The summed E-state index contributed by atoms with van der Waals surface area (Å²) in [7, 11) is 0. The van der Waals surface area contributed by atoms with Gasteiger partial charge in [0.05, 0.1) is 16.6 Å². The first kappa shape index (κ1) is 42.8. The minimum atomic E-state index is 0.786. The first-order valence-corrected chi connectivity index (χ1v) is 25.5. The zero-order chi connectivity index (χ0) is 49.9. The fraction of sp³-hybridized carbons (Fsp3) is 0.0441. The van der Waals surface area contributed by atoms with E-state index in [1.54, 1.807) is 0 Å². The van der Waals surface area contributed by atoms with Gasteiger partial charge in [-0.2, -0.15) is 0 Å². The summed E-state index contributed by atoms with van der Waals surface area (Å²) in [5.74, 6) is 1.64. The molecule has 0 aliphatic rings. The van der Waals surface area contributed by atoms with Crippen molar-refractivity contribution in [3.63, 3.8) is 0 Å². The lowest BCUT2D eigenvalue weighted by atomic mass is 9.93. The average Bonchev–Trinajstić information content (AvgIpc) is 4.28. The number of H-pyrrole nitrogens is 1. The molecule has 7 nitrogen and oxygen atoms in total. The van der Waals surface area contributed by atoms with Crippen molar-refractivity contribution in [1.29, 1.82) is 0 Å². The molecular weight excluding hydrogens is 917 g/mol. The predicted molar refractivity (Wildman–Crippen MR) is 309 cm³/mol. The summed E-state index contributed by atoms with van der Waals surface area (Å²) in [6.45, 7) is 6.61. The Balaban J connectivity index is 1.03. The van der Waals surface area contributed by atoms with Gasteiger partial charge < -0.3 is 9.40 Å². The van der Waals surface area contributed by atoms with Gasteiger partial charge in [-0.1, -0.05) is 127 Å². The summed E-state index contributed by atoms with van der Waals surface area (Å²) < 4.78 is 11.6. The van der Waals surface area contributed by atoms with Gasteiger partial charge >= 0.3 is 0 Å². The van der Waals surface area contributed by atoms with Crippen molar-refractivity contribution in [2.24, 2.45) is 0 Å². The Morgan fingerprint density at radius 2 is 1.20 bits per heavy atom. The molecule has 0 aliphatic heterocycles. The van der Waals surface area contributed by atoms with Crippen molar-refractivity contribution in [2.45, 2.75) is 20.8 Å². The molecule has 15 rings (SSSR count). The van der Waals surface area contributed by atoms with E-state index in [-0.39, 0.29) is 0 Å². The second kappa shape index (κ2) is 16.6. The van der Waals surface area contributed by atoms with Crippen LogP contribution in [0.2, 0.25) is 0 Å². The van der Waals surface area contributed by atoms with Crippen LogP contribution in [-0.4, -0.2) is 29.1 Å². The van der Waals surface area contributed by atoms with Crippen LogP contribution in [0.4, 0.5) is 0 Å². The lowest BCUT2D eigenvalue weighted by Gasteiger charge is -2.13. The summed E-state index contributed by atoms with van der Waals surface area (Å²) in [6.07, 6.45) is 5.59. The van der Waals surface area contributed by atoms with Crippen LogP contribution in [0.15, 0.2) is 223 Å². The normalized spacial score (nSPS) is 11.9. The fourth-order valence-corrected chi connectivity index (χ4v) is 12.2. The molecule has 1 N–H and O–H groups in total. The standard InChI is InChI=1S/C68H46N6O/c1-40-34-41(2)62(42(3)35-40)47-25-27-58-55(36-47)50-26-24-46(37-59(50)74(58)61-38-45(30-33-70-61)43-28-31-69-32-29-43)54-39-56-51-18-10-11-23-60(51)75-67(56)66-65(54)72-68(73(66)48-16-8-5-9-17-48)53-21-12-20-52-63-49(44-14-6-4-7-15-44)19-13-22-57(63)71-64(52)53/h4-39,71H,1-3H3. The van der Waals surface area contributed by atoms with Crippen molar-refractivity contribution in [1.82, 2.24) is 29.1 Å². The van der Waals surface area contributed by atoms with Gasteiger partial charge in [0.1, 0.15) is 28.3 Å². The van der Waals surface area contributed by atoms with Crippen LogP contribution in [0.1, 0.15) is 16.7 Å². The highest BCUT2D eigenvalue weighted by molar-refractivity contribution is 6.21. The van der Waals surface area contributed by atoms with Crippen LogP contribution in [0.5, 0.6) is 0 Å². The Kier molecular flexibility index (Phi) is 9.47. The summed E-state index contributed by atoms with van der Waals surface area (Å²) in [4.78, 5) is 19.1. The maximum atomic E-state index is 6.99. The molecule has 15 aromatic rings. The van der Waals surface area contributed by atoms with Gasteiger partial charge in [-0.05, 0) is 150 Å². The smallest absolute Gasteiger partial charge is 0.161 e. The highest BCUT2D eigenvalue weighted by Gasteiger charge is 2.27. The lowest BCUT2D eigenvalue weighted by molar-refractivity contribution is 0.671. The number of nitrogens with zero attached hydrogens (tertiary/aromatic N) is 5. The number of aromatic amines is 1. The van der Waals surface area contributed by atoms with Crippen LogP contribution >= 0.6 is 0 Å². The number of para-hydroxylation sites is 3. The molecule has 0 saturated carbocycles. The van der Waals surface area contributed by atoms with E-state index < -0.39 is 0 Å². The molecule has 6 aromatic heterocycles. The Morgan fingerprint density at radius 1 is 0.467 bits per heavy atom. The van der Waals surface area contributed by atoms with Crippen molar-refractivity contribution < 1.29 is 4.42 Å². The molecule has 0 bridgehead atoms. The molecular formula is C68H46N6O. The topological polar surface area (TPSA) is 77.5 Å². The maximum Gasteiger partial charge on any atom is 0.161 e. The molecule has 75 heavy (non-hydrogen) atoms. The third kappa shape index (κ3) is 6.64. The molecule has 0 spiro atoms. The quantitative estimate of drug-likeness (QED) is 0.173. The Morgan fingerprint density at radius 3 is 2.04 bits per heavy atom. The SMILES string of the molecule is Cc1cc(C)c(-c2ccc3c(c2)c2ccc(-c4cc5c6ccccc6oc5c5c4nc(-c4cccc6c4[nH]c4cccc(-c7ccccc7)c46)n5-c4ccccc4)cc2n3-c2cc(-c3ccncc3)ccn2)c(C)c1. The van der Waals surface area contributed by atoms with Crippen LogP contribution < -0.4 is 0 Å². The number of aryl methyl sites for hydroxylation is 3. The molecule has 0 radical (unpaired) electrons. The zero-order valence-electron chi connectivity index (χ0n) is 41.4.